The Kier molecular flexibility index (Phi) is 6.13. The summed E-state index contributed by atoms with van der Waals surface area (Å²) in [5.41, 5.74) is 2.14. The number of amides is 1. The van der Waals surface area contributed by atoms with Crippen LogP contribution in [0.1, 0.15) is 18.9 Å². The number of rotatable bonds is 6. The van der Waals surface area contributed by atoms with Crippen LogP contribution in [0.4, 0.5) is 17.1 Å². The van der Waals surface area contributed by atoms with Crippen molar-refractivity contribution in [3.05, 3.63) is 78.4 Å². The van der Waals surface area contributed by atoms with Crippen molar-refractivity contribution in [3.63, 3.8) is 0 Å². The lowest BCUT2D eigenvalue weighted by Gasteiger charge is -2.31. The third kappa shape index (κ3) is 4.86. The first-order valence-electron chi connectivity index (χ1n) is 10.3. The molecule has 0 saturated carbocycles. The zero-order valence-electron chi connectivity index (χ0n) is 17.9. The van der Waals surface area contributed by atoms with Gasteiger partial charge < -0.3 is 5.32 Å². The molecule has 4 rings (SSSR count). The fourth-order valence-electron chi connectivity index (χ4n) is 3.73. The van der Waals surface area contributed by atoms with Crippen LogP contribution in [0, 0.1) is 0 Å². The van der Waals surface area contributed by atoms with Gasteiger partial charge in [-0.1, -0.05) is 18.2 Å². The molecule has 3 aromatic rings. The van der Waals surface area contributed by atoms with Gasteiger partial charge in [-0.3, -0.25) is 13.8 Å². The van der Waals surface area contributed by atoms with Crippen LogP contribution in [0.2, 0.25) is 0 Å². The van der Waals surface area contributed by atoms with Crippen molar-refractivity contribution in [2.75, 3.05) is 20.9 Å². The van der Waals surface area contributed by atoms with E-state index in [-0.39, 0.29) is 15.7 Å². The van der Waals surface area contributed by atoms with Crippen molar-refractivity contribution in [2.24, 2.45) is 0 Å². The monoisotopic (exact) mass is 485 g/mol. The Hall–Kier alpha value is -3.37. The third-order valence-corrected chi connectivity index (χ3v) is 8.45. The lowest BCUT2D eigenvalue weighted by Crippen LogP contribution is -2.35. The van der Waals surface area contributed by atoms with E-state index in [1.807, 2.05) is 0 Å². The van der Waals surface area contributed by atoms with Crippen molar-refractivity contribution in [1.82, 2.24) is 0 Å². The fourth-order valence-corrected chi connectivity index (χ4v) is 6.34. The molecule has 0 atom stereocenters. The standard InChI is InChI=1S/C23H23N3O5S2/c1-17(27)24-19-9-12-21(13-10-19)32(28,29)25-20-11-14-23-18(16-20)6-5-15-26(23)33(30,31)22-7-3-2-4-8-22/h2-4,7-14,16,25H,5-6,15H2,1H3,(H,24,27). The van der Waals surface area contributed by atoms with E-state index in [9.17, 15) is 21.6 Å². The number of anilines is 3. The highest BCUT2D eigenvalue weighted by molar-refractivity contribution is 7.93. The summed E-state index contributed by atoms with van der Waals surface area (Å²) in [4.78, 5) is 11.4. The minimum atomic E-state index is -3.86. The largest absolute Gasteiger partial charge is 0.326 e. The first kappa shape index (κ1) is 22.8. The van der Waals surface area contributed by atoms with Gasteiger partial charge in [-0.05, 0) is 73.0 Å². The van der Waals surface area contributed by atoms with E-state index in [0.717, 1.165) is 5.56 Å². The van der Waals surface area contributed by atoms with Crippen LogP contribution in [0.25, 0.3) is 0 Å². The molecule has 172 valence electrons. The Morgan fingerprint density at radius 1 is 0.848 bits per heavy atom. The van der Waals surface area contributed by atoms with Gasteiger partial charge in [-0.2, -0.15) is 0 Å². The SMILES string of the molecule is CC(=O)Nc1ccc(S(=O)(=O)Nc2ccc3c(c2)CCCN3S(=O)(=O)c2ccccc2)cc1. The minimum absolute atomic E-state index is 0.0441. The van der Waals surface area contributed by atoms with E-state index in [1.54, 1.807) is 48.5 Å². The summed E-state index contributed by atoms with van der Waals surface area (Å²) in [5, 5.41) is 2.59. The average Bonchev–Trinajstić information content (AvgIpc) is 2.79. The van der Waals surface area contributed by atoms with E-state index < -0.39 is 20.0 Å². The van der Waals surface area contributed by atoms with Gasteiger partial charge in [0.05, 0.1) is 15.5 Å². The molecule has 0 bridgehead atoms. The zero-order valence-corrected chi connectivity index (χ0v) is 19.5. The summed E-state index contributed by atoms with van der Waals surface area (Å²) in [6.07, 6.45) is 1.26. The maximum atomic E-state index is 13.1. The zero-order chi connectivity index (χ0) is 23.6. The number of nitrogens with zero attached hydrogens (tertiary/aromatic N) is 1. The van der Waals surface area contributed by atoms with Gasteiger partial charge in [0.1, 0.15) is 0 Å². The minimum Gasteiger partial charge on any atom is -0.326 e. The molecule has 0 unspecified atom stereocenters. The number of nitrogens with one attached hydrogen (secondary N) is 2. The molecule has 0 aromatic heterocycles. The summed E-state index contributed by atoms with van der Waals surface area (Å²) in [5.74, 6) is -0.249. The Bertz CT molecular complexity index is 1390. The molecule has 0 fully saturated rings. The summed E-state index contributed by atoms with van der Waals surface area (Å²) in [6.45, 7) is 1.73. The molecule has 2 N–H and O–H groups in total. The fraction of sp³-hybridized carbons (Fsp3) is 0.174. The number of fused-ring (bicyclic) bond motifs is 1. The Labute approximate surface area is 193 Å². The topological polar surface area (TPSA) is 113 Å². The highest BCUT2D eigenvalue weighted by Gasteiger charge is 2.29. The summed E-state index contributed by atoms with van der Waals surface area (Å²) in [6, 6.07) is 18.9. The normalized spacial score (nSPS) is 13.8. The van der Waals surface area contributed by atoms with Crippen LogP contribution < -0.4 is 14.3 Å². The number of hydrogen-bond donors (Lipinski definition) is 2. The van der Waals surface area contributed by atoms with E-state index in [0.29, 0.717) is 36.4 Å². The van der Waals surface area contributed by atoms with E-state index in [1.165, 1.54) is 35.5 Å². The second kappa shape index (κ2) is 8.87. The summed E-state index contributed by atoms with van der Waals surface area (Å²) >= 11 is 0. The molecule has 33 heavy (non-hydrogen) atoms. The van der Waals surface area contributed by atoms with Gasteiger partial charge in [0, 0.05) is 24.8 Å². The van der Waals surface area contributed by atoms with Crippen LogP contribution in [-0.2, 0) is 31.3 Å². The Morgan fingerprint density at radius 3 is 2.18 bits per heavy atom. The van der Waals surface area contributed by atoms with Crippen molar-refractivity contribution in [1.29, 1.82) is 0 Å². The van der Waals surface area contributed by atoms with Gasteiger partial charge in [-0.15, -0.1) is 0 Å². The first-order valence-corrected chi connectivity index (χ1v) is 13.2. The molecule has 1 aliphatic heterocycles. The summed E-state index contributed by atoms with van der Waals surface area (Å²) < 4.78 is 55.8. The lowest BCUT2D eigenvalue weighted by molar-refractivity contribution is -0.114. The van der Waals surface area contributed by atoms with Crippen LogP contribution >= 0.6 is 0 Å². The average molecular weight is 486 g/mol. The second-order valence-corrected chi connectivity index (χ2v) is 11.2. The first-order chi connectivity index (χ1) is 15.7. The molecule has 0 radical (unpaired) electrons. The van der Waals surface area contributed by atoms with Gasteiger partial charge >= 0.3 is 0 Å². The van der Waals surface area contributed by atoms with Gasteiger partial charge in [0.15, 0.2) is 0 Å². The summed E-state index contributed by atoms with van der Waals surface area (Å²) in [7, 11) is -7.58. The van der Waals surface area contributed by atoms with Crippen molar-refractivity contribution in [2.45, 2.75) is 29.6 Å². The van der Waals surface area contributed by atoms with Crippen LogP contribution in [0.5, 0.6) is 0 Å². The maximum Gasteiger partial charge on any atom is 0.264 e. The molecule has 3 aromatic carbocycles. The molecular weight excluding hydrogens is 462 g/mol. The number of carbonyl (C=O) groups is 1. The van der Waals surface area contributed by atoms with Gasteiger partial charge in [-0.25, -0.2) is 16.8 Å². The van der Waals surface area contributed by atoms with Crippen LogP contribution in [0.3, 0.4) is 0 Å². The molecule has 1 aliphatic rings. The highest BCUT2D eigenvalue weighted by atomic mass is 32.2. The number of hydrogen-bond acceptors (Lipinski definition) is 5. The van der Waals surface area contributed by atoms with Crippen molar-refractivity contribution in [3.8, 4) is 0 Å². The molecule has 1 heterocycles. The predicted octanol–water partition coefficient (Wildman–Crippen LogP) is 3.59. The van der Waals surface area contributed by atoms with E-state index in [4.69, 9.17) is 0 Å². The van der Waals surface area contributed by atoms with Crippen LogP contribution in [-0.4, -0.2) is 29.3 Å². The molecular formula is C23H23N3O5S2. The van der Waals surface area contributed by atoms with Gasteiger partial charge in [0.2, 0.25) is 5.91 Å². The lowest BCUT2D eigenvalue weighted by atomic mass is 10.0. The molecule has 0 saturated heterocycles. The van der Waals surface area contributed by atoms with Crippen molar-refractivity contribution >= 4 is 43.0 Å². The number of aryl methyl sites for hydroxylation is 1. The Balaban J connectivity index is 1.59. The second-order valence-electron chi connectivity index (χ2n) is 7.65. The molecule has 1 amide bonds. The van der Waals surface area contributed by atoms with Crippen molar-refractivity contribution < 1.29 is 21.6 Å². The predicted molar refractivity (Wildman–Crippen MR) is 127 cm³/mol. The smallest absolute Gasteiger partial charge is 0.264 e. The van der Waals surface area contributed by atoms with Crippen LogP contribution in [0.15, 0.2) is 82.6 Å². The quantitative estimate of drug-likeness (QED) is 0.554. The highest BCUT2D eigenvalue weighted by Crippen LogP contribution is 2.34. The third-order valence-electron chi connectivity index (χ3n) is 5.22. The van der Waals surface area contributed by atoms with E-state index >= 15 is 0 Å². The molecule has 0 spiro atoms. The molecule has 8 nitrogen and oxygen atoms in total. The van der Waals surface area contributed by atoms with E-state index in [2.05, 4.69) is 10.0 Å². The number of benzene rings is 3. The van der Waals surface area contributed by atoms with Gasteiger partial charge in [0.25, 0.3) is 20.0 Å². The molecule has 0 aliphatic carbocycles. The maximum absolute atomic E-state index is 13.1. The number of sulfonamides is 2. The number of carbonyl (C=O) groups excluding carboxylic acids is 1. The Morgan fingerprint density at radius 2 is 1.52 bits per heavy atom. The molecule has 10 heteroatoms.